The van der Waals surface area contributed by atoms with Gasteiger partial charge in [-0.2, -0.15) is 5.10 Å². The first-order valence-electron chi connectivity index (χ1n) is 8.83. The SMILES string of the molecule is CN(C)CC(O)Cn1cc(NC(=O)Nc2ccc(SC(C)(C)C)cc2)cn1. The minimum atomic E-state index is -0.522. The van der Waals surface area contributed by atoms with Crippen LogP contribution in [0, 0.1) is 0 Å². The number of rotatable bonds is 7. The van der Waals surface area contributed by atoms with Crippen molar-refractivity contribution in [1.29, 1.82) is 0 Å². The smallest absolute Gasteiger partial charge is 0.323 e. The number of amides is 2. The van der Waals surface area contributed by atoms with Gasteiger partial charge in [-0.3, -0.25) is 4.68 Å². The van der Waals surface area contributed by atoms with Gasteiger partial charge in [0.2, 0.25) is 0 Å². The Kier molecular flexibility index (Phi) is 7.29. The maximum Gasteiger partial charge on any atom is 0.323 e. The molecule has 1 aromatic carbocycles. The van der Waals surface area contributed by atoms with Gasteiger partial charge < -0.3 is 20.6 Å². The zero-order chi connectivity index (χ0) is 20.0. The molecule has 2 amide bonds. The number of anilines is 2. The molecule has 0 fully saturated rings. The lowest BCUT2D eigenvalue weighted by Crippen LogP contribution is -2.29. The lowest BCUT2D eigenvalue weighted by molar-refractivity contribution is 0.116. The molecule has 148 valence electrons. The molecule has 2 rings (SSSR count). The molecule has 1 heterocycles. The van der Waals surface area contributed by atoms with Gasteiger partial charge in [0.1, 0.15) is 0 Å². The highest BCUT2D eigenvalue weighted by atomic mass is 32.2. The molecule has 0 bridgehead atoms. The summed E-state index contributed by atoms with van der Waals surface area (Å²) in [4.78, 5) is 15.2. The van der Waals surface area contributed by atoms with Crippen LogP contribution >= 0.6 is 11.8 Å². The Morgan fingerprint density at radius 2 is 1.85 bits per heavy atom. The van der Waals surface area contributed by atoms with Crippen molar-refractivity contribution in [2.45, 2.75) is 43.1 Å². The second-order valence-corrected chi connectivity index (χ2v) is 9.59. The summed E-state index contributed by atoms with van der Waals surface area (Å²) in [5.74, 6) is 0. The van der Waals surface area contributed by atoms with Gasteiger partial charge in [-0.15, -0.1) is 11.8 Å². The Morgan fingerprint density at radius 3 is 2.44 bits per heavy atom. The quantitative estimate of drug-likeness (QED) is 0.631. The Labute approximate surface area is 165 Å². The number of thioether (sulfide) groups is 1. The van der Waals surface area contributed by atoms with Crippen molar-refractivity contribution in [3.8, 4) is 0 Å². The standard InChI is InChI=1S/C19H29N5O2S/c1-19(2,3)27-17-8-6-14(7-9-17)21-18(26)22-15-10-20-24(11-15)13-16(25)12-23(4)5/h6-11,16,25H,12-13H2,1-5H3,(H2,21,22,26). The van der Waals surface area contributed by atoms with Gasteiger partial charge in [-0.1, -0.05) is 20.8 Å². The van der Waals surface area contributed by atoms with E-state index in [0.717, 1.165) is 10.6 Å². The molecule has 1 unspecified atom stereocenters. The van der Waals surface area contributed by atoms with Crippen LogP contribution in [0.2, 0.25) is 0 Å². The highest BCUT2D eigenvalue weighted by Gasteiger charge is 2.12. The number of carbonyl (C=O) groups excluding carboxylic acids is 1. The molecular formula is C19H29N5O2S. The number of aromatic nitrogens is 2. The third-order valence-corrected chi connectivity index (χ3v) is 4.52. The van der Waals surface area contributed by atoms with E-state index >= 15 is 0 Å². The van der Waals surface area contributed by atoms with E-state index in [1.165, 1.54) is 0 Å². The number of aliphatic hydroxyl groups is 1. The minimum Gasteiger partial charge on any atom is -0.390 e. The second kappa shape index (κ2) is 9.25. The summed E-state index contributed by atoms with van der Waals surface area (Å²) in [6, 6.07) is 7.42. The van der Waals surface area contributed by atoms with Crippen LogP contribution in [-0.2, 0) is 6.54 Å². The van der Waals surface area contributed by atoms with E-state index in [0.29, 0.717) is 18.8 Å². The van der Waals surface area contributed by atoms with Crippen LogP contribution in [-0.4, -0.2) is 57.3 Å². The van der Waals surface area contributed by atoms with Crippen LogP contribution in [0.5, 0.6) is 0 Å². The number of urea groups is 1. The average Bonchev–Trinajstić information content (AvgIpc) is 2.93. The van der Waals surface area contributed by atoms with Crippen LogP contribution in [0.25, 0.3) is 0 Å². The van der Waals surface area contributed by atoms with Gasteiger partial charge in [0.05, 0.1) is 24.5 Å². The van der Waals surface area contributed by atoms with E-state index in [2.05, 4.69) is 36.5 Å². The first-order chi connectivity index (χ1) is 12.6. The maximum absolute atomic E-state index is 12.2. The van der Waals surface area contributed by atoms with E-state index in [1.807, 2.05) is 43.3 Å². The Morgan fingerprint density at radius 1 is 1.22 bits per heavy atom. The normalized spacial score (nSPS) is 12.9. The number of carbonyl (C=O) groups is 1. The van der Waals surface area contributed by atoms with Gasteiger partial charge >= 0.3 is 6.03 Å². The van der Waals surface area contributed by atoms with E-state index in [1.54, 1.807) is 28.8 Å². The zero-order valence-corrected chi connectivity index (χ0v) is 17.4. The topological polar surface area (TPSA) is 82.4 Å². The summed E-state index contributed by atoms with van der Waals surface area (Å²) >= 11 is 1.78. The van der Waals surface area contributed by atoms with Crippen molar-refractivity contribution in [1.82, 2.24) is 14.7 Å². The van der Waals surface area contributed by atoms with E-state index in [9.17, 15) is 9.90 Å². The Hall–Kier alpha value is -2.03. The second-order valence-electron chi connectivity index (χ2n) is 7.69. The van der Waals surface area contributed by atoms with E-state index in [-0.39, 0.29) is 10.8 Å². The van der Waals surface area contributed by atoms with E-state index < -0.39 is 6.10 Å². The molecule has 0 saturated heterocycles. The molecule has 0 saturated carbocycles. The summed E-state index contributed by atoms with van der Waals surface area (Å²) in [5.41, 5.74) is 1.30. The number of likely N-dealkylation sites (N-methyl/N-ethyl adjacent to an activating group) is 1. The molecule has 0 spiro atoms. The molecule has 3 N–H and O–H groups in total. The van der Waals surface area contributed by atoms with Crippen molar-refractivity contribution in [3.05, 3.63) is 36.7 Å². The zero-order valence-electron chi connectivity index (χ0n) is 16.6. The number of benzene rings is 1. The van der Waals surface area contributed by atoms with Gasteiger partial charge in [0.25, 0.3) is 0 Å². The highest BCUT2D eigenvalue weighted by molar-refractivity contribution is 8.00. The summed E-state index contributed by atoms with van der Waals surface area (Å²) in [7, 11) is 3.80. The van der Waals surface area contributed by atoms with Crippen molar-refractivity contribution in [2.75, 3.05) is 31.3 Å². The number of aliphatic hydroxyl groups excluding tert-OH is 1. The van der Waals surface area contributed by atoms with Crippen LogP contribution in [0.15, 0.2) is 41.6 Å². The Balaban J connectivity index is 1.85. The highest BCUT2D eigenvalue weighted by Crippen LogP contribution is 2.32. The average molecular weight is 392 g/mol. The number of nitrogens with zero attached hydrogens (tertiary/aromatic N) is 3. The summed E-state index contributed by atoms with van der Waals surface area (Å²) in [6.45, 7) is 7.41. The third kappa shape index (κ3) is 8.03. The summed E-state index contributed by atoms with van der Waals surface area (Å²) < 4.78 is 1.76. The molecule has 1 aromatic heterocycles. The number of nitrogens with one attached hydrogen (secondary N) is 2. The third-order valence-electron chi connectivity index (χ3n) is 3.40. The maximum atomic E-state index is 12.2. The van der Waals surface area contributed by atoms with Crippen molar-refractivity contribution in [2.24, 2.45) is 0 Å². The molecule has 8 heteroatoms. The molecule has 27 heavy (non-hydrogen) atoms. The largest absolute Gasteiger partial charge is 0.390 e. The van der Waals surface area contributed by atoms with Crippen molar-refractivity contribution in [3.63, 3.8) is 0 Å². The van der Waals surface area contributed by atoms with Gasteiger partial charge in [0.15, 0.2) is 0 Å². The molecular weight excluding hydrogens is 362 g/mol. The molecule has 0 aliphatic heterocycles. The van der Waals surface area contributed by atoms with Gasteiger partial charge in [0, 0.05) is 28.1 Å². The van der Waals surface area contributed by atoms with Crippen LogP contribution < -0.4 is 10.6 Å². The monoisotopic (exact) mass is 391 g/mol. The lowest BCUT2D eigenvalue weighted by atomic mass is 10.3. The Bertz CT molecular complexity index is 737. The van der Waals surface area contributed by atoms with Crippen molar-refractivity contribution >= 4 is 29.2 Å². The molecule has 7 nitrogen and oxygen atoms in total. The fourth-order valence-corrected chi connectivity index (χ4v) is 3.46. The predicted molar refractivity (Wildman–Crippen MR) is 111 cm³/mol. The van der Waals surface area contributed by atoms with Crippen molar-refractivity contribution < 1.29 is 9.90 Å². The molecule has 0 radical (unpaired) electrons. The molecule has 1 atom stereocenters. The van der Waals surface area contributed by atoms with Gasteiger partial charge in [-0.25, -0.2) is 4.79 Å². The summed E-state index contributed by atoms with van der Waals surface area (Å²) in [5, 5.41) is 19.7. The first-order valence-corrected chi connectivity index (χ1v) is 9.65. The van der Waals surface area contributed by atoms with Gasteiger partial charge in [-0.05, 0) is 38.4 Å². The number of hydrogen-bond donors (Lipinski definition) is 3. The molecule has 0 aliphatic rings. The fourth-order valence-electron chi connectivity index (χ4n) is 2.48. The van der Waals surface area contributed by atoms with E-state index in [4.69, 9.17) is 0 Å². The summed E-state index contributed by atoms with van der Waals surface area (Å²) in [6.07, 6.45) is 2.73. The number of hydrogen-bond acceptors (Lipinski definition) is 5. The van der Waals surface area contributed by atoms with Crippen LogP contribution in [0.1, 0.15) is 20.8 Å². The molecule has 0 aliphatic carbocycles. The first kappa shape index (κ1) is 21.3. The van der Waals surface area contributed by atoms with Crippen LogP contribution in [0.4, 0.5) is 16.2 Å². The minimum absolute atomic E-state index is 0.145. The lowest BCUT2D eigenvalue weighted by Gasteiger charge is -2.17. The molecule has 2 aromatic rings. The fraction of sp³-hybridized carbons (Fsp3) is 0.474. The predicted octanol–water partition coefficient (Wildman–Crippen LogP) is 3.34. The van der Waals surface area contributed by atoms with Crippen LogP contribution in [0.3, 0.4) is 0 Å².